The lowest BCUT2D eigenvalue weighted by Gasteiger charge is -2.19. The molecule has 0 fully saturated rings. The van der Waals surface area contributed by atoms with Crippen molar-refractivity contribution < 1.29 is 24.7 Å². The van der Waals surface area contributed by atoms with E-state index in [0.717, 1.165) is 12.0 Å². The zero-order valence-corrected chi connectivity index (χ0v) is 13.9. The molecule has 0 saturated carbocycles. The number of carbonyl (C=O) groups is 2. The predicted molar refractivity (Wildman–Crippen MR) is 89.0 cm³/mol. The molecule has 2 atom stereocenters. The van der Waals surface area contributed by atoms with Crippen LogP contribution >= 0.6 is 6.26 Å². The molecule has 0 saturated heterocycles. The Morgan fingerprint density at radius 1 is 1.18 bits per heavy atom. The highest BCUT2D eigenvalue weighted by atomic mass is 32.4. The van der Waals surface area contributed by atoms with Gasteiger partial charge < -0.3 is 15.1 Å². The molecule has 0 aliphatic rings. The van der Waals surface area contributed by atoms with Gasteiger partial charge in [-0.3, -0.25) is 9.59 Å². The molecule has 1 aromatic carbocycles. The molecule has 122 valence electrons. The molecule has 7 heteroatoms. The highest BCUT2D eigenvalue weighted by Gasteiger charge is 2.26. The Balaban J connectivity index is 2.47. The quantitative estimate of drug-likeness (QED) is 0.565. The largest absolute Gasteiger partial charge is 0.481 e. The van der Waals surface area contributed by atoms with Gasteiger partial charge in [0.2, 0.25) is 0 Å². The summed E-state index contributed by atoms with van der Waals surface area (Å²) in [5.74, 6) is -3.02. The maximum atomic E-state index is 11.2. The van der Waals surface area contributed by atoms with Gasteiger partial charge in [-0.2, -0.15) is 0 Å². The van der Waals surface area contributed by atoms with Crippen molar-refractivity contribution in [2.45, 2.75) is 25.7 Å². The van der Waals surface area contributed by atoms with Gasteiger partial charge in [0.05, 0.1) is 12.2 Å². The SMILES string of the molecule is O=C(O)CCC(CP(O)(=S)CCCc1ccccc1)C(=O)O. The lowest BCUT2D eigenvalue weighted by Crippen LogP contribution is -2.20. The fourth-order valence-electron chi connectivity index (χ4n) is 2.20. The number of carboxylic acid groups (broad SMARTS) is 2. The van der Waals surface area contributed by atoms with E-state index >= 15 is 0 Å². The number of rotatable bonds is 10. The van der Waals surface area contributed by atoms with Crippen LogP contribution in [0.1, 0.15) is 24.8 Å². The van der Waals surface area contributed by atoms with Crippen molar-refractivity contribution in [3.8, 4) is 0 Å². The first-order chi connectivity index (χ1) is 10.3. The molecule has 0 heterocycles. The Morgan fingerprint density at radius 2 is 1.82 bits per heavy atom. The fourth-order valence-corrected chi connectivity index (χ4v) is 4.99. The van der Waals surface area contributed by atoms with Gasteiger partial charge >= 0.3 is 11.9 Å². The highest BCUT2D eigenvalue weighted by Crippen LogP contribution is 2.44. The van der Waals surface area contributed by atoms with Crippen molar-refractivity contribution in [3.05, 3.63) is 35.9 Å². The van der Waals surface area contributed by atoms with Crippen molar-refractivity contribution in [1.82, 2.24) is 0 Å². The molecule has 0 aromatic heterocycles. The molecule has 0 spiro atoms. The van der Waals surface area contributed by atoms with Crippen molar-refractivity contribution in [2.24, 2.45) is 5.92 Å². The molecule has 0 aliphatic carbocycles. The Labute approximate surface area is 135 Å². The van der Waals surface area contributed by atoms with E-state index in [1.165, 1.54) is 0 Å². The zero-order valence-electron chi connectivity index (χ0n) is 12.2. The second-order valence-corrected chi connectivity index (χ2v) is 9.85. The number of hydrogen-bond donors (Lipinski definition) is 3. The lowest BCUT2D eigenvalue weighted by molar-refractivity contribution is -0.142. The van der Waals surface area contributed by atoms with E-state index in [9.17, 15) is 14.5 Å². The van der Waals surface area contributed by atoms with Crippen LogP contribution in [0.15, 0.2) is 30.3 Å². The van der Waals surface area contributed by atoms with Gasteiger partial charge in [0.15, 0.2) is 0 Å². The number of benzene rings is 1. The summed E-state index contributed by atoms with van der Waals surface area (Å²) in [7, 11) is 0. The summed E-state index contributed by atoms with van der Waals surface area (Å²) in [4.78, 5) is 32.0. The minimum atomic E-state index is -2.74. The van der Waals surface area contributed by atoms with E-state index in [-0.39, 0.29) is 19.0 Å². The van der Waals surface area contributed by atoms with Crippen molar-refractivity contribution >= 4 is 30.0 Å². The number of aryl methyl sites for hydroxylation is 1. The Hall–Kier alpha value is -1.23. The summed E-state index contributed by atoms with van der Waals surface area (Å²) in [6, 6.07) is 9.80. The van der Waals surface area contributed by atoms with E-state index in [2.05, 4.69) is 0 Å². The minimum Gasteiger partial charge on any atom is -0.481 e. The number of aliphatic carboxylic acids is 2. The second-order valence-electron chi connectivity index (χ2n) is 5.31. The van der Waals surface area contributed by atoms with E-state index in [0.29, 0.717) is 12.6 Å². The zero-order chi connectivity index (χ0) is 16.6. The summed E-state index contributed by atoms with van der Waals surface area (Å²) >= 11 is 5.19. The monoisotopic (exact) mass is 344 g/mol. The predicted octanol–water partition coefficient (Wildman–Crippen LogP) is 2.57. The minimum absolute atomic E-state index is 0.000262. The van der Waals surface area contributed by atoms with Gasteiger partial charge in [-0.25, -0.2) is 0 Å². The molecule has 22 heavy (non-hydrogen) atoms. The summed E-state index contributed by atoms with van der Waals surface area (Å²) < 4.78 is 0. The summed E-state index contributed by atoms with van der Waals surface area (Å²) in [5, 5.41) is 17.8. The molecular weight excluding hydrogens is 323 g/mol. The van der Waals surface area contributed by atoms with Crippen LogP contribution in [0.5, 0.6) is 0 Å². The third-order valence-electron chi connectivity index (χ3n) is 3.38. The van der Waals surface area contributed by atoms with Gasteiger partial charge in [0.1, 0.15) is 0 Å². The van der Waals surface area contributed by atoms with E-state index in [4.69, 9.17) is 22.0 Å². The third-order valence-corrected chi connectivity index (χ3v) is 6.40. The Kier molecular flexibility index (Phi) is 7.73. The molecule has 1 rings (SSSR count). The summed E-state index contributed by atoms with van der Waals surface area (Å²) in [5.41, 5.74) is 1.15. The number of carboxylic acids is 2. The van der Waals surface area contributed by atoms with Crippen LogP contribution in [-0.4, -0.2) is 39.4 Å². The molecule has 0 amide bonds. The molecule has 5 nitrogen and oxygen atoms in total. The van der Waals surface area contributed by atoms with Crippen LogP contribution in [0, 0.1) is 5.92 Å². The molecule has 3 N–H and O–H groups in total. The standard InChI is InChI=1S/C15H21O5PS/c16-14(17)9-8-13(15(18)19)11-21(20,22)10-4-7-12-5-2-1-3-6-12/h1-3,5-6,13H,4,7-11H2,(H,16,17)(H,18,19)(H,20,22). The highest BCUT2D eigenvalue weighted by molar-refractivity contribution is 8.11. The Morgan fingerprint density at radius 3 is 2.36 bits per heavy atom. The first kappa shape index (κ1) is 18.8. The van der Waals surface area contributed by atoms with Crippen molar-refractivity contribution in [3.63, 3.8) is 0 Å². The first-order valence-electron chi connectivity index (χ1n) is 7.09. The maximum Gasteiger partial charge on any atom is 0.306 e. The smallest absolute Gasteiger partial charge is 0.306 e. The van der Waals surface area contributed by atoms with Crippen LogP contribution in [0.3, 0.4) is 0 Å². The van der Waals surface area contributed by atoms with Crippen LogP contribution in [0.25, 0.3) is 0 Å². The molecule has 0 radical (unpaired) electrons. The molecule has 1 aromatic rings. The average Bonchev–Trinajstić information content (AvgIpc) is 2.44. The van der Waals surface area contributed by atoms with Crippen LogP contribution in [0.4, 0.5) is 0 Å². The van der Waals surface area contributed by atoms with E-state index in [1.54, 1.807) is 0 Å². The third kappa shape index (κ3) is 7.69. The van der Waals surface area contributed by atoms with Gasteiger partial charge in [-0.05, 0) is 31.0 Å². The first-order valence-corrected chi connectivity index (χ1v) is 10.2. The molecule has 0 bridgehead atoms. The lowest BCUT2D eigenvalue weighted by atomic mass is 10.1. The molecular formula is C15H21O5PS. The summed E-state index contributed by atoms with van der Waals surface area (Å²) in [6.07, 6.45) is -1.07. The van der Waals surface area contributed by atoms with E-state index in [1.807, 2.05) is 30.3 Å². The van der Waals surface area contributed by atoms with Crippen molar-refractivity contribution in [2.75, 3.05) is 12.3 Å². The fraction of sp³-hybridized carbons (Fsp3) is 0.467. The molecule has 2 unspecified atom stereocenters. The van der Waals surface area contributed by atoms with Crippen LogP contribution < -0.4 is 0 Å². The van der Waals surface area contributed by atoms with Gasteiger partial charge in [0, 0.05) is 12.6 Å². The normalized spacial score (nSPS) is 15.0. The van der Waals surface area contributed by atoms with Gasteiger partial charge in [0.25, 0.3) is 0 Å². The topological polar surface area (TPSA) is 94.8 Å². The Bertz CT molecular complexity index is 546. The van der Waals surface area contributed by atoms with Crippen LogP contribution in [0.2, 0.25) is 0 Å². The van der Waals surface area contributed by atoms with Gasteiger partial charge in [-0.15, -0.1) is 0 Å². The summed E-state index contributed by atoms with van der Waals surface area (Å²) in [6.45, 7) is 0. The van der Waals surface area contributed by atoms with Gasteiger partial charge in [-0.1, -0.05) is 42.1 Å². The molecule has 0 aliphatic heterocycles. The van der Waals surface area contributed by atoms with Crippen LogP contribution in [-0.2, 0) is 27.8 Å². The average molecular weight is 344 g/mol. The number of hydrogen-bond acceptors (Lipinski definition) is 3. The maximum absolute atomic E-state index is 11.2. The van der Waals surface area contributed by atoms with E-state index < -0.39 is 24.1 Å². The van der Waals surface area contributed by atoms with Crippen molar-refractivity contribution in [1.29, 1.82) is 0 Å². The second kappa shape index (κ2) is 9.03.